The molecule has 0 aromatic carbocycles. The highest BCUT2D eigenvalue weighted by Gasteiger charge is 2.20. The van der Waals surface area contributed by atoms with E-state index in [9.17, 15) is 0 Å². The topological polar surface area (TPSA) is 48.2 Å². The van der Waals surface area contributed by atoms with E-state index in [-0.39, 0.29) is 0 Å². The van der Waals surface area contributed by atoms with Crippen LogP contribution in [-0.4, -0.2) is 59.5 Å². The first kappa shape index (κ1) is 18.8. The van der Waals surface area contributed by atoms with E-state index in [0.29, 0.717) is 0 Å². The summed E-state index contributed by atoms with van der Waals surface area (Å²) in [5.74, 6) is 1.02. The van der Waals surface area contributed by atoms with E-state index in [1.165, 1.54) is 10.6 Å². The molecule has 4 rings (SSSR count). The quantitative estimate of drug-likeness (QED) is 0.532. The van der Waals surface area contributed by atoms with Gasteiger partial charge < -0.3 is 19.5 Å². The number of nitrogens with one attached hydrogen (secondary N) is 1. The number of guanidine groups is 1. The maximum atomic E-state index is 4.88. The summed E-state index contributed by atoms with van der Waals surface area (Å²) in [6.45, 7) is 9.93. The van der Waals surface area contributed by atoms with Crippen molar-refractivity contribution in [2.75, 3.05) is 44.2 Å². The van der Waals surface area contributed by atoms with Crippen LogP contribution in [0.4, 0.5) is 5.00 Å². The van der Waals surface area contributed by atoms with Crippen LogP contribution in [0.25, 0.3) is 5.65 Å². The zero-order chi connectivity index (χ0) is 19.3. The van der Waals surface area contributed by atoms with Gasteiger partial charge in [-0.2, -0.15) is 0 Å². The Balaban J connectivity index is 1.37. The molecular formula is C21H28N6S. The van der Waals surface area contributed by atoms with Gasteiger partial charge in [0.1, 0.15) is 5.65 Å². The molecule has 0 radical (unpaired) electrons. The van der Waals surface area contributed by atoms with Crippen LogP contribution >= 0.6 is 11.3 Å². The highest BCUT2D eigenvalue weighted by Crippen LogP contribution is 2.22. The number of aliphatic imine (C=N–C) groups is 1. The van der Waals surface area contributed by atoms with Crippen molar-refractivity contribution in [1.82, 2.24) is 19.6 Å². The van der Waals surface area contributed by atoms with Gasteiger partial charge in [0, 0.05) is 58.1 Å². The van der Waals surface area contributed by atoms with Crippen LogP contribution in [0.5, 0.6) is 0 Å². The van der Waals surface area contributed by atoms with Crippen LogP contribution in [-0.2, 0) is 6.42 Å². The fourth-order valence-electron chi connectivity index (χ4n) is 3.62. The molecule has 0 aliphatic carbocycles. The van der Waals surface area contributed by atoms with Crippen molar-refractivity contribution in [3.05, 3.63) is 53.3 Å². The molecule has 0 spiro atoms. The third-order valence-corrected chi connectivity index (χ3v) is 6.02. The maximum absolute atomic E-state index is 4.88. The molecule has 6 nitrogen and oxygen atoms in total. The number of thiophene rings is 1. The molecule has 1 saturated heterocycles. The Morgan fingerprint density at radius 2 is 2.07 bits per heavy atom. The number of rotatable bonds is 5. The van der Waals surface area contributed by atoms with Gasteiger partial charge in [-0.15, -0.1) is 11.3 Å². The molecule has 3 aromatic rings. The highest BCUT2D eigenvalue weighted by molar-refractivity contribution is 7.14. The average molecular weight is 397 g/mol. The Hall–Kier alpha value is -2.54. The standard InChI is InChI=1S/C21H28N6S/c1-3-22-21(26-13-11-25(12-14-26)19-7-5-15-28-19)23-9-8-18-16-27-10-4-6-17(2)20(27)24-18/h4-7,10,15-16H,3,8-9,11-14H2,1-2H3,(H,22,23). The first-order chi connectivity index (χ1) is 13.7. The fourth-order valence-corrected chi connectivity index (χ4v) is 4.40. The lowest BCUT2D eigenvalue weighted by molar-refractivity contribution is 0.373. The third kappa shape index (κ3) is 4.14. The number of imidazole rings is 1. The number of aromatic nitrogens is 2. The van der Waals surface area contributed by atoms with E-state index >= 15 is 0 Å². The summed E-state index contributed by atoms with van der Waals surface area (Å²) in [5.41, 5.74) is 3.34. The summed E-state index contributed by atoms with van der Waals surface area (Å²) in [4.78, 5) is 14.5. The van der Waals surface area contributed by atoms with Gasteiger partial charge >= 0.3 is 0 Å². The molecule has 0 unspecified atom stereocenters. The zero-order valence-corrected chi connectivity index (χ0v) is 17.5. The highest BCUT2D eigenvalue weighted by atomic mass is 32.1. The van der Waals surface area contributed by atoms with Crippen molar-refractivity contribution < 1.29 is 0 Å². The molecule has 1 aliphatic heterocycles. The number of hydrogen-bond donors (Lipinski definition) is 1. The molecular weight excluding hydrogens is 368 g/mol. The maximum Gasteiger partial charge on any atom is 0.194 e. The molecule has 1 N–H and O–H groups in total. The summed E-state index contributed by atoms with van der Waals surface area (Å²) in [7, 11) is 0. The Morgan fingerprint density at radius 3 is 2.79 bits per heavy atom. The number of aryl methyl sites for hydroxylation is 1. The molecule has 28 heavy (non-hydrogen) atoms. The molecule has 4 heterocycles. The summed E-state index contributed by atoms with van der Waals surface area (Å²) in [6, 6.07) is 8.49. The third-order valence-electron chi connectivity index (χ3n) is 5.09. The monoisotopic (exact) mass is 396 g/mol. The lowest BCUT2D eigenvalue weighted by atomic mass is 10.3. The molecule has 0 bridgehead atoms. The van der Waals surface area contributed by atoms with Crippen molar-refractivity contribution in [1.29, 1.82) is 0 Å². The lowest BCUT2D eigenvalue weighted by Crippen LogP contribution is -2.52. The van der Waals surface area contributed by atoms with Crippen LogP contribution in [0.1, 0.15) is 18.2 Å². The van der Waals surface area contributed by atoms with E-state index in [1.54, 1.807) is 0 Å². The van der Waals surface area contributed by atoms with Crippen LogP contribution in [0.15, 0.2) is 47.0 Å². The van der Waals surface area contributed by atoms with Crippen molar-refractivity contribution >= 4 is 27.9 Å². The number of nitrogens with zero attached hydrogens (tertiary/aromatic N) is 5. The molecule has 0 atom stereocenters. The van der Waals surface area contributed by atoms with Gasteiger partial charge in [-0.25, -0.2) is 4.98 Å². The predicted molar refractivity (Wildman–Crippen MR) is 118 cm³/mol. The van der Waals surface area contributed by atoms with Gasteiger partial charge in [0.25, 0.3) is 0 Å². The summed E-state index contributed by atoms with van der Waals surface area (Å²) in [5, 5.41) is 6.97. The number of hydrogen-bond acceptors (Lipinski definition) is 4. The lowest BCUT2D eigenvalue weighted by Gasteiger charge is -2.37. The van der Waals surface area contributed by atoms with Gasteiger partial charge in [0.2, 0.25) is 0 Å². The minimum absolute atomic E-state index is 0.746. The van der Waals surface area contributed by atoms with Gasteiger partial charge in [-0.1, -0.05) is 6.07 Å². The first-order valence-corrected chi connectivity index (χ1v) is 10.9. The Labute approximate surface area is 170 Å². The summed E-state index contributed by atoms with van der Waals surface area (Å²) < 4.78 is 2.10. The molecule has 0 saturated carbocycles. The van der Waals surface area contributed by atoms with E-state index in [0.717, 1.165) is 63.0 Å². The van der Waals surface area contributed by atoms with Crippen molar-refractivity contribution in [2.24, 2.45) is 4.99 Å². The molecule has 148 valence electrons. The molecule has 1 fully saturated rings. The van der Waals surface area contributed by atoms with Crippen LogP contribution < -0.4 is 10.2 Å². The van der Waals surface area contributed by atoms with Crippen LogP contribution in [0.3, 0.4) is 0 Å². The number of fused-ring (bicyclic) bond motifs is 1. The predicted octanol–water partition coefficient (Wildman–Crippen LogP) is 3.03. The van der Waals surface area contributed by atoms with Gasteiger partial charge in [-0.05, 0) is 43.0 Å². The van der Waals surface area contributed by atoms with E-state index in [1.807, 2.05) is 11.3 Å². The van der Waals surface area contributed by atoms with Crippen LogP contribution in [0.2, 0.25) is 0 Å². The summed E-state index contributed by atoms with van der Waals surface area (Å²) >= 11 is 1.82. The Morgan fingerprint density at radius 1 is 1.21 bits per heavy atom. The molecule has 0 amide bonds. The van der Waals surface area contributed by atoms with Gasteiger partial charge in [-0.3, -0.25) is 4.99 Å². The molecule has 7 heteroatoms. The van der Waals surface area contributed by atoms with Crippen molar-refractivity contribution in [2.45, 2.75) is 20.3 Å². The second kappa shape index (κ2) is 8.65. The fraction of sp³-hybridized carbons (Fsp3) is 0.429. The smallest absolute Gasteiger partial charge is 0.194 e. The number of anilines is 1. The van der Waals surface area contributed by atoms with Gasteiger partial charge in [0.05, 0.1) is 10.7 Å². The number of piperazine rings is 1. The van der Waals surface area contributed by atoms with Gasteiger partial charge in [0.15, 0.2) is 5.96 Å². The average Bonchev–Trinajstić information content (AvgIpc) is 3.38. The summed E-state index contributed by atoms with van der Waals surface area (Å²) in [6.07, 6.45) is 5.02. The molecule has 1 aliphatic rings. The molecule has 3 aromatic heterocycles. The van der Waals surface area contributed by atoms with Crippen molar-refractivity contribution in [3.8, 4) is 0 Å². The number of pyridine rings is 1. The first-order valence-electron chi connectivity index (χ1n) is 9.99. The second-order valence-corrected chi connectivity index (χ2v) is 7.99. The Bertz CT molecular complexity index is 922. The second-order valence-electron chi connectivity index (χ2n) is 7.07. The van der Waals surface area contributed by atoms with E-state index in [2.05, 4.69) is 75.4 Å². The Kier molecular flexibility index (Phi) is 5.81. The SMILES string of the molecule is CCNC(=NCCc1cn2cccc(C)c2n1)N1CCN(c2cccs2)CC1. The van der Waals surface area contributed by atoms with E-state index < -0.39 is 0 Å². The minimum atomic E-state index is 0.746. The largest absolute Gasteiger partial charge is 0.360 e. The van der Waals surface area contributed by atoms with Crippen molar-refractivity contribution in [3.63, 3.8) is 0 Å². The normalized spacial score (nSPS) is 15.4. The van der Waals surface area contributed by atoms with E-state index in [4.69, 9.17) is 9.98 Å². The minimum Gasteiger partial charge on any atom is -0.360 e. The zero-order valence-electron chi connectivity index (χ0n) is 16.6. The van der Waals surface area contributed by atoms with Crippen LogP contribution in [0, 0.1) is 6.92 Å².